The van der Waals surface area contributed by atoms with Crippen molar-refractivity contribution in [2.45, 2.75) is 34.1 Å². The van der Waals surface area contributed by atoms with Crippen LogP contribution in [0.3, 0.4) is 0 Å². The topological polar surface area (TPSA) is 66.5 Å². The summed E-state index contributed by atoms with van der Waals surface area (Å²) < 4.78 is 0. The number of hydrogen-bond donors (Lipinski definition) is 1. The number of piperidine rings is 1. The maximum Gasteiger partial charge on any atom is 0.251 e. The smallest absolute Gasteiger partial charge is 0.251 e. The van der Waals surface area contributed by atoms with Crippen LogP contribution in [0.1, 0.15) is 44.5 Å². The lowest BCUT2D eigenvalue weighted by Crippen LogP contribution is -2.42. The Morgan fingerprint density at radius 2 is 1.60 bits per heavy atom. The predicted molar refractivity (Wildman–Crippen MR) is 98.4 cm³/mol. The molecule has 0 radical (unpaired) electrons. The normalized spacial score (nSPS) is 21.0. The molecule has 0 aliphatic carbocycles. The van der Waals surface area contributed by atoms with Crippen LogP contribution in [0.25, 0.3) is 0 Å². The van der Waals surface area contributed by atoms with E-state index in [9.17, 15) is 14.4 Å². The Morgan fingerprint density at radius 1 is 1.04 bits per heavy atom. The van der Waals surface area contributed by atoms with Crippen LogP contribution in [0, 0.1) is 11.8 Å². The number of amides is 2. The van der Waals surface area contributed by atoms with E-state index in [0.29, 0.717) is 28.7 Å². The molecule has 1 aliphatic rings. The minimum Gasteiger partial charge on any atom is -0.339 e. The maximum atomic E-state index is 12.4. The van der Waals surface area contributed by atoms with Crippen LogP contribution < -0.4 is 5.32 Å². The average molecular weight is 342 g/mol. The zero-order chi connectivity index (χ0) is 18.6. The molecule has 2 rings (SSSR count). The quantitative estimate of drug-likeness (QED) is 0.674. The Hall–Kier alpha value is -2.43. The number of anilines is 1. The molecule has 1 heterocycles. The van der Waals surface area contributed by atoms with Gasteiger partial charge in [0.1, 0.15) is 0 Å². The molecule has 5 heteroatoms. The maximum absolute atomic E-state index is 12.4. The summed E-state index contributed by atoms with van der Waals surface area (Å²) >= 11 is 0. The molecule has 5 nitrogen and oxygen atoms in total. The highest BCUT2D eigenvalue weighted by atomic mass is 16.2. The summed E-state index contributed by atoms with van der Waals surface area (Å²) in [5, 5.41) is 2.74. The van der Waals surface area contributed by atoms with Crippen LogP contribution >= 0.6 is 0 Å². The molecule has 1 aromatic rings. The summed E-state index contributed by atoms with van der Waals surface area (Å²) in [5.41, 5.74) is 1.55. The van der Waals surface area contributed by atoms with Gasteiger partial charge in [-0.2, -0.15) is 0 Å². The second-order valence-corrected chi connectivity index (χ2v) is 7.10. The Morgan fingerprint density at radius 3 is 2.12 bits per heavy atom. The molecule has 25 heavy (non-hydrogen) atoms. The molecular formula is C20H26N2O3. The Bertz CT molecular complexity index is 681. The van der Waals surface area contributed by atoms with E-state index in [4.69, 9.17) is 0 Å². The van der Waals surface area contributed by atoms with Crippen molar-refractivity contribution in [1.29, 1.82) is 0 Å². The van der Waals surface area contributed by atoms with Gasteiger partial charge in [0, 0.05) is 36.0 Å². The summed E-state index contributed by atoms with van der Waals surface area (Å²) in [5.74, 6) is 0.509. The fraction of sp³-hybridized carbons (Fsp3) is 0.450. The molecule has 134 valence electrons. The molecule has 0 saturated carbocycles. The second kappa shape index (κ2) is 8.10. The lowest BCUT2D eigenvalue weighted by Gasteiger charge is -2.34. The third-order valence-electron chi connectivity index (χ3n) is 4.43. The van der Waals surface area contributed by atoms with Crippen molar-refractivity contribution in [3.63, 3.8) is 0 Å². The zero-order valence-corrected chi connectivity index (χ0v) is 15.3. The van der Waals surface area contributed by atoms with Gasteiger partial charge in [-0.3, -0.25) is 14.4 Å². The molecule has 0 bridgehead atoms. The van der Waals surface area contributed by atoms with Gasteiger partial charge < -0.3 is 10.2 Å². The van der Waals surface area contributed by atoms with Crippen LogP contribution in [0.4, 0.5) is 5.69 Å². The van der Waals surface area contributed by atoms with E-state index in [2.05, 4.69) is 19.2 Å². The van der Waals surface area contributed by atoms with Crippen LogP contribution in [0.5, 0.6) is 0 Å². The molecule has 1 N–H and O–H groups in total. The third kappa shape index (κ3) is 5.28. The molecule has 1 saturated heterocycles. The largest absolute Gasteiger partial charge is 0.339 e. The molecule has 0 spiro atoms. The van der Waals surface area contributed by atoms with Crippen LogP contribution in [0.15, 0.2) is 35.9 Å². The van der Waals surface area contributed by atoms with Crippen molar-refractivity contribution in [1.82, 2.24) is 4.90 Å². The van der Waals surface area contributed by atoms with Gasteiger partial charge in [0.05, 0.1) is 0 Å². The fourth-order valence-electron chi connectivity index (χ4n) is 3.20. The standard InChI is InChI=1S/C20H26N2O3/c1-13-9-14(2)12-22(11-13)19(24)10-15(3)20(25)21-18-7-5-17(6-8-18)16(4)23/h5-8,10,13-14H,9,11-12H2,1-4H3,(H,21,25)/b15-10-. The lowest BCUT2D eigenvalue weighted by molar-refractivity contribution is -0.129. The first-order valence-electron chi connectivity index (χ1n) is 8.65. The van der Waals surface area contributed by atoms with E-state index in [-0.39, 0.29) is 17.6 Å². The average Bonchev–Trinajstić information content (AvgIpc) is 2.54. The van der Waals surface area contributed by atoms with E-state index in [1.165, 1.54) is 13.0 Å². The number of Topliss-reactive ketones (excluding diaryl/α,β-unsaturated/α-hetero) is 1. The zero-order valence-electron chi connectivity index (χ0n) is 15.3. The number of hydrogen-bond acceptors (Lipinski definition) is 3. The van der Waals surface area contributed by atoms with Gasteiger partial charge in [-0.15, -0.1) is 0 Å². The van der Waals surface area contributed by atoms with Crippen molar-refractivity contribution < 1.29 is 14.4 Å². The lowest BCUT2D eigenvalue weighted by atomic mass is 9.92. The summed E-state index contributed by atoms with van der Waals surface area (Å²) in [7, 11) is 0. The van der Waals surface area contributed by atoms with Gasteiger partial charge >= 0.3 is 0 Å². The van der Waals surface area contributed by atoms with E-state index in [1.807, 2.05) is 4.90 Å². The Balaban J connectivity index is 1.99. The minimum atomic E-state index is -0.318. The van der Waals surface area contributed by atoms with Crippen LogP contribution in [-0.2, 0) is 9.59 Å². The summed E-state index contributed by atoms with van der Waals surface area (Å²) in [6.07, 6.45) is 2.53. The minimum absolute atomic E-state index is 0.0236. The first kappa shape index (κ1) is 18.9. The first-order chi connectivity index (χ1) is 11.8. The highest BCUT2D eigenvalue weighted by Gasteiger charge is 2.24. The number of nitrogens with zero attached hydrogens (tertiary/aromatic N) is 1. The monoisotopic (exact) mass is 342 g/mol. The number of benzene rings is 1. The summed E-state index contributed by atoms with van der Waals surface area (Å²) in [4.78, 5) is 37.8. The number of likely N-dealkylation sites (tertiary alicyclic amines) is 1. The van der Waals surface area contributed by atoms with Crippen LogP contribution in [0.2, 0.25) is 0 Å². The van der Waals surface area contributed by atoms with Gasteiger partial charge in [0.15, 0.2) is 5.78 Å². The predicted octanol–water partition coefficient (Wildman–Crippen LogP) is 3.28. The van der Waals surface area contributed by atoms with E-state index < -0.39 is 0 Å². The van der Waals surface area contributed by atoms with Crippen molar-refractivity contribution >= 4 is 23.3 Å². The van der Waals surface area contributed by atoms with Crippen molar-refractivity contribution in [3.05, 3.63) is 41.5 Å². The molecule has 2 unspecified atom stereocenters. The fourth-order valence-corrected chi connectivity index (χ4v) is 3.20. The number of ketones is 1. The Kier molecular flexibility index (Phi) is 6.12. The molecule has 1 aliphatic heterocycles. The van der Waals surface area contributed by atoms with Crippen molar-refractivity contribution in [3.8, 4) is 0 Å². The number of carbonyl (C=O) groups is 3. The number of rotatable bonds is 4. The highest BCUT2D eigenvalue weighted by Crippen LogP contribution is 2.21. The van der Waals surface area contributed by atoms with E-state index in [0.717, 1.165) is 19.5 Å². The molecule has 0 aromatic heterocycles. The molecule has 1 aromatic carbocycles. The number of carbonyl (C=O) groups excluding carboxylic acids is 3. The molecule has 1 fully saturated rings. The van der Waals surface area contributed by atoms with Gasteiger partial charge in [0.2, 0.25) is 5.91 Å². The van der Waals surface area contributed by atoms with E-state index in [1.54, 1.807) is 31.2 Å². The van der Waals surface area contributed by atoms with Crippen LogP contribution in [-0.4, -0.2) is 35.6 Å². The second-order valence-electron chi connectivity index (χ2n) is 7.10. The van der Waals surface area contributed by atoms with Gasteiger partial charge in [-0.1, -0.05) is 13.8 Å². The van der Waals surface area contributed by atoms with Crippen molar-refractivity contribution in [2.24, 2.45) is 11.8 Å². The van der Waals surface area contributed by atoms with Gasteiger partial charge in [-0.05, 0) is 56.4 Å². The van der Waals surface area contributed by atoms with Gasteiger partial charge in [0.25, 0.3) is 5.91 Å². The first-order valence-corrected chi connectivity index (χ1v) is 8.65. The summed E-state index contributed by atoms with van der Waals surface area (Å²) in [6.45, 7) is 8.89. The van der Waals surface area contributed by atoms with Gasteiger partial charge in [-0.25, -0.2) is 0 Å². The number of nitrogens with one attached hydrogen (secondary N) is 1. The van der Waals surface area contributed by atoms with E-state index >= 15 is 0 Å². The SMILES string of the molecule is CC(=O)c1ccc(NC(=O)/C(C)=C\C(=O)N2CC(C)CC(C)C2)cc1. The molecular weight excluding hydrogens is 316 g/mol. The van der Waals surface area contributed by atoms with Crippen molar-refractivity contribution in [2.75, 3.05) is 18.4 Å². The highest BCUT2D eigenvalue weighted by molar-refractivity contribution is 6.07. The molecule has 2 amide bonds. The summed E-state index contributed by atoms with van der Waals surface area (Å²) in [6, 6.07) is 6.69. The molecule has 2 atom stereocenters. The third-order valence-corrected chi connectivity index (χ3v) is 4.43. The Labute approximate surface area is 149 Å².